The van der Waals surface area contributed by atoms with Crippen molar-refractivity contribution in [3.8, 4) is 11.5 Å². The molecule has 0 aliphatic carbocycles. The molecular weight excluding hydrogens is 427 g/mol. The molecule has 0 aromatic heterocycles. The van der Waals surface area contributed by atoms with E-state index in [0.29, 0.717) is 23.4 Å². The van der Waals surface area contributed by atoms with Crippen LogP contribution in [0.25, 0.3) is 9.69 Å². The van der Waals surface area contributed by atoms with Gasteiger partial charge in [-0.2, -0.15) is 0 Å². The highest BCUT2D eigenvalue weighted by molar-refractivity contribution is 5.48. The fraction of sp³-hybridized carbons (Fsp3) is 0.517. The minimum atomic E-state index is -0.470. The molecule has 0 saturated heterocycles. The lowest BCUT2D eigenvalue weighted by Gasteiger charge is -2.18. The van der Waals surface area contributed by atoms with Crippen molar-refractivity contribution >= 4 is 11.4 Å². The van der Waals surface area contributed by atoms with Gasteiger partial charge in [-0.15, -0.1) is 0 Å². The maximum absolute atomic E-state index is 13.4. The first kappa shape index (κ1) is 33.1. The predicted octanol–water partition coefficient (Wildman–Crippen LogP) is 9.91. The second kappa shape index (κ2) is 15.7. The van der Waals surface area contributed by atoms with Gasteiger partial charge in [0.1, 0.15) is 5.75 Å². The van der Waals surface area contributed by atoms with E-state index in [2.05, 4.69) is 51.2 Å². The Labute approximate surface area is 207 Å². The normalized spacial score (nSPS) is 10.3. The van der Waals surface area contributed by atoms with E-state index < -0.39 is 5.82 Å². The summed E-state index contributed by atoms with van der Waals surface area (Å²) >= 11 is 0. The molecule has 4 nitrogen and oxygen atoms in total. The van der Waals surface area contributed by atoms with Crippen LogP contribution in [0.2, 0.25) is 0 Å². The van der Waals surface area contributed by atoms with Crippen molar-refractivity contribution in [3.05, 3.63) is 71.1 Å². The Morgan fingerprint density at radius 1 is 0.735 bits per heavy atom. The Bertz CT molecular complexity index is 912. The van der Waals surface area contributed by atoms with Crippen LogP contribution in [0.1, 0.15) is 75.7 Å². The third kappa shape index (κ3) is 14.9. The van der Waals surface area contributed by atoms with E-state index in [9.17, 15) is 4.39 Å². The average Bonchev–Trinajstić information content (AvgIpc) is 2.72. The molecule has 0 bridgehead atoms. The van der Waals surface area contributed by atoms with E-state index in [1.54, 1.807) is 18.2 Å². The van der Waals surface area contributed by atoms with Crippen molar-refractivity contribution in [2.75, 3.05) is 13.2 Å². The van der Waals surface area contributed by atoms with E-state index in [1.807, 2.05) is 12.1 Å². The summed E-state index contributed by atoms with van der Waals surface area (Å²) < 4.78 is 24.3. The molecule has 2 rings (SSSR count). The van der Waals surface area contributed by atoms with Gasteiger partial charge in [-0.1, -0.05) is 74.6 Å². The third-order valence-electron chi connectivity index (χ3n) is 4.46. The first-order valence-corrected chi connectivity index (χ1v) is 10.8. The summed E-state index contributed by atoms with van der Waals surface area (Å²) in [7, 11) is 0. The van der Waals surface area contributed by atoms with Crippen LogP contribution in [-0.4, -0.2) is 13.2 Å². The van der Waals surface area contributed by atoms with E-state index in [1.165, 1.54) is 12.1 Å². The van der Waals surface area contributed by atoms with Gasteiger partial charge in [0.05, 0.1) is 26.4 Å². The lowest BCUT2D eigenvalue weighted by Crippen LogP contribution is -2.11. The topological polar surface area (TPSA) is 27.2 Å². The fourth-order valence-electron chi connectivity index (χ4n) is 2.55. The van der Waals surface area contributed by atoms with Crippen molar-refractivity contribution in [2.45, 2.75) is 75.7 Å². The van der Waals surface area contributed by atoms with Crippen LogP contribution in [0.5, 0.6) is 11.5 Å². The molecule has 2 aromatic carbocycles. The molecule has 5 heteroatoms. The molecule has 34 heavy (non-hydrogen) atoms. The van der Waals surface area contributed by atoms with E-state index in [-0.39, 0.29) is 26.0 Å². The van der Waals surface area contributed by atoms with Crippen molar-refractivity contribution in [3.63, 3.8) is 0 Å². The Morgan fingerprint density at radius 2 is 1.26 bits per heavy atom. The van der Waals surface area contributed by atoms with Crippen LogP contribution in [-0.2, 0) is 0 Å². The molecular formula is C29H43FN2O2. The second-order valence-corrected chi connectivity index (χ2v) is 10.0. The number of halogens is 1. The number of rotatable bonds is 7. The van der Waals surface area contributed by atoms with E-state index >= 15 is 0 Å². The van der Waals surface area contributed by atoms with Crippen molar-refractivity contribution in [1.29, 1.82) is 0 Å². The van der Waals surface area contributed by atoms with Crippen LogP contribution in [0.3, 0.4) is 0 Å². The molecule has 0 unspecified atom stereocenters. The largest absolute Gasteiger partial charge is 0.494 e. The van der Waals surface area contributed by atoms with Gasteiger partial charge in [-0.3, -0.25) is 0 Å². The van der Waals surface area contributed by atoms with Crippen LogP contribution in [0.4, 0.5) is 15.8 Å². The summed E-state index contributed by atoms with van der Waals surface area (Å²) in [6.07, 6.45) is 3.08. The molecule has 0 fully saturated rings. The molecule has 0 aliphatic heterocycles. The highest BCUT2D eigenvalue weighted by Crippen LogP contribution is 2.25. The minimum Gasteiger partial charge on any atom is -0.494 e. The Hall–Kier alpha value is -3.05. The smallest absolute Gasteiger partial charge is 0.190 e. The van der Waals surface area contributed by atoms with Gasteiger partial charge in [-0.05, 0) is 54.4 Å². The summed E-state index contributed by atoms with van der Waals surface area (Å²) in [5.41, 5.74) is 1.49. The predicted molar refractivity (Wildman–Crippen MR) is 143 cm³/mol. The summed E-state index contributed by atoms with van der Waals surface area (Å²) in [4.78, 5) is 6.48. The average molecular weight is 471 g/mol. The minimum absolute atomic E-state index is 0. The molecule has 0 spiro atoms. The summed E-state index contributed by atoms with van der Waals surface area (Å²) in [5.74, 6) is 0.598. The second-order valence-electron chi connectivity index (χ2n) is 10.0. The highest BCUT2D eigenvalue weighted by Gasteiger charge is 2.11. The Morgan fingerprint density at radius 3 is 1.74 bits per heavy atom. The van der Waals surface area contributed by atoms with Crippen molar-refractivity contribution in [2.24, 2.45) is 10.8 Å². The Balaban J connectivity index is 0. The first-order valence-electron chi connectivity index (χ1n) is 10.8. The summed E-state index contributed by atoms with van der Waals surface area (Å²) in [6, 6.07) is 11.5. The zero-order valence-electron chi connectivity index (χ0n) is 20.2. The Kier molecular flexibility index (Phi) is 15.3. The lowest BCUT2D eigenvalue weighted by molar-refractivity contribution is 0.235. The standard InChI is InChI=1S/C14H19NO.C13H16FNO.2CH4/c1-14(2,3)10-5-11-16-13-8-6-12(15-4)7-9-13;1-13(2,3)7-8-16-12-6-5-10(15-4)9-11(12)14;;/h6-9H,5,10-11H2,1-3H3;5-6,9H,7-8H2,1-3H3;2*1H4. The monoisotopic (exact) mass is 470 g/mol. The summed E-state index contributed by atoms with van der Waals surface area (Å²) in [6.45, 7) is 27.8. The van der Waals surface area contributed by atoms with Crippen LogP contribution in [0, 0.1) is 29.8 Å². The zero-order chi connectivity index (χ0) is 24.2. The SMILES string of the molecule is C.C.[C-]#[N+]c1ccc(OCCC(C)(C)C)c(F)c1.[C-]#[N+]c1ccc(OCCCC(C)(C)C)cc1. The van der Waals surface area contributed by atoms with Gasteiger partial charge in [-0.25, -0.2) is 14.1 Å². The zero-order valence-corrected chi connectivity index (χ0v) is 20.2. The molecule has 0 heterocycles. The molecule has 0 amide bonds. The van der Waals surface area contributed by atoms with Gasteiger partial charge in [0.2, 0.25) is 0 Å². The quantitative estimate of drug-likeness (QED) is 0.297. The number of ether oxygens (including phenoxy) is 2. The molecule has 0 aliphatic rings. The van der Waals surface area contributed by atoms with Crippen molar-refractivity contribution < 1.29 is 13.9 Å². The molecule has 188 valence electrons. The van der Waals surface area contributed by atoms with E-state index in [4.69, 9.17) is 22.6 Å². The fourth-order valence-corrected chi connectivity index (χ4v) is 2.55. The van der Waals surface area contributed by atoms with Gasteiger partial charge in [0, 0.05) is 0 Å². The third-order valence-corrected chi connectivity index (χ3v) is 4.46. The number of nitrogens with zero attached hydrogens (tertiary/aromatic N) is 2. The van der Waals surface area contributed by atoms with Crippen LogP contribution in [0.15, 0.2) is 42.5 Å². The maximum Gasteiger partial charge on any atom is 0.190 e. The summed E-state index contributed by atoms with van der Waals surface area (Å²) in [5, 5.41) is 0. The number of hydrogen-bond donors (Lipinski definition) is 0. The molecule has 2 aromatic rings. The van der Waals surface area contributed by atoms with Gasteiger partial charge < -0.3 is 9.47 Å². The number of benzene rings is 2. The van der Waals surface area contributed by atoms with Crippen LogP contribution >= 0.6 is 0 Å². The maximum atomic E-state index is 13.4. The highest BCUT2D eigenvalue weighted by atomic mass is 19.1. The number of hydrogen-bond acceptors (Lipinski definition) is 2. The molecule has 0 N–H and O–H groups in total. The molecule has 0 saturated carbocycles. The van der Waals surface area contributed by atoms with E-state index in [0.717, 1.165) is 31.6 Å². The first-order chi connectivity index (χ1) is 14.9. The van der Waals surface area contributed by atoms with Gasteiger partial charge in [0.25, 0.3) is 0 Å². The molecule has 0 atom stereocenters. The lowest BCUT2D eigenvalue weighted by atomic mass is 9.91. The van der Waals surface area contributed by atoms with Crippen molar-refractivity contribution in [1.82, 2.24) is 0 Å². The van der Waals surface area contributed by atoms with Gasteiger partial charge in [0.15, 0.2) is 22.9 Å². The van der Waals surface area contributed by atoms with Gasteiger partial charge >= 0.3 is 0 Å². The molecule has 0 radical (unpaired) electrons. The van der Waals surface area contributed by atoms with Crippen LogP contribution < -0.4 is 9.47 Å².